The van der Waals surface area contributed by atoms with Crippen molar-refractivity contribution in [3.63, 3.8) is 0 Å². The molecule has 1 aliphatic rings. The van der Waals surface area contributed by atoms with Crippen molar-refractivity contribution in [3.8, 4) is 0 Å². The highest BCUT2D eigenvalue weighted by atomic mass is 19.3. The Hall–Kier alpha value is -0.320. The summed E-state index contributed by atoms with van der Waals surface area (Å²) < 4.78 is 48.6. The minimum Gasteiger partial charge on any atom is -0.239 e. The lowest BCUT2D eigenvalue weighted by molar-refractivity contribution is -0.281. The molecule has 0 aromatic rings. The SMILES string of the molecule is FC1CCCN(F)C1(F)F. The van der Waals surface area contributed by atoms with Gasteiger partial charge in [-0.1, -0.05) is 5.12 Å². The lowest BCUT2D eigenvalue weighted by Crippen LogP contribution is -2.48. The Morgan fingerprint density at radius 2 is 2.00 bits per heavy atom. The molecule has 1 heterocycles. The average molecular weight is 157 g/mol. The first-order valence-electron chi connectivity index (χ1n) is 3.00. The molecule has 1 nitrogen and oxygen atoms in total. The maximum absolute atomic E-state index is 12.2. The molecular weight excluding hydrogens is 150 g/mol. The fourth-order valence-corrected chi connectivity index (χ4v) is 0.884. The van der Waals surface area contributed by atoms with Crippen molar-refractivity contribution < 1.29 is 17.7 Å². The van der Waals surface area contributed by atoms with Gasteiger partial charge in [0.25, 0.3) is 0 Å². The fraction of sp³-hybridized carbons (Fsp3) is 1.00. The zero-order valence-corrected chi connectivity index (χ0v) is 5.16. The van der Waals surface area contributed by atoms with Gasteiger partial charge in [-0.2, -0.15) is 8.78 Å². The Balaban J connectivity index is 2.63. The largest absolute Gasteiger partial charge is 0.360 e. The van der Waals surface area contributed by atoms with Crippen molar-refractivity contribution in [1.82, 2.24) is 5.12 Å². The lowest BCUT2D eigenvalue weighted by atomic mass is 10.1. The zero-order chi connectivity index (χ0) is 7.78. The molecule has 0 aromatic carbocycles. The normalized spacial score (nSPS) is 34.2. The third kappa shape index (κ3) is 1.10. The van der Waals surface area contributed by atoms with Crippen LogP contribution in [0.25, 0.3) is 0 Å². The summed E-state index contributed by atoms with van der Waals surface area (Å²) in [5, 5.41) is -0.735. The van der Waals surface area contributed by atoms with Crippen molar-refractivity contribution in [2.24, 2.45) is 0 Å². The molecule has 0 saturated carbocycles. The minimum atomic E-state index is -3.90. The Morgan fingerprint density at radius 3 is 2.40 bits per heavy atom. The predicted molar refractivity (Wildman–Crippen MR) is 26.9 cm³/mol. The molecule has 1 fully saturated rings. The number of alkyl halides is 3. The number of rotatable bonds is 0. The fourth-order valence-electron chi connectivity index (χ4n) is 0.884. The maximum Gasteiger partial charge on any atom is 0.360 e. The summed E-state index contributed by atoms with van der Waals surface area (Å²) in [7, 11) is 0. The van der Waals surface area contributed by atoms with Crippen LogP contribution in [-0.2, 0) is 0 Å². The van der Waals surface area contributed by atoms with E-state index < -0.39 is 17.3 Å². The van der Waals surface area contributed by atoms with Crippen LogP contribution in [0.5, 0.6) is 0 Å². The Labute approximate surface area is 55.6 Å². The van der Waals surface area contributed by atoms with E-state index in [0.717, 1.165) is 0 Å². The van der Waals surface area contributed by atoms with Gasteiger partial charge in [-0.25, -0.2) is 4.39 Å². The topological polar surface area (TPSA) is 3.24 Å². The molecule has 10 heavy (non-hydrogen) atoms. The number of hydrogen-bond donors (Lipinski definition) is 0. The summed E-state index contributed by atoms with van der Waals surface area (Å²) in [6.07, 6.45) is -2.47. The molecule has 0 aromatic heterocycles. The molecular formula is C5H7F4N. The summed E-state index contributed by atoms with van der Waals surface area (Å²) in [5.74, 6) is 0. The molecule has 0 aliphatic carbocycles. The van der Waals surface area contributed by atoms with Crippen LogP contribution in [0.4, 0.5) is 17.7 Å². The van der Waals surface area contributed by atoms with E-state index in [1.165, 1.54) is 0 Å². The first-order chi connectivity index (χ1) is 4.55. The number of hydrogen-bond acceptors (Lipinski definition) is 1. The molecule has 0 amide bonds. The monoisotopic (exact) mass is 157 g/mol. The standard InChI is InChI=1S/C5H7F4N/c6-4-2-1-3-10(9)5(4,7)8/h4H,1-3H2. The van der Waals surface area contributed by atoms with Crippen LogP contribution in [0.1, 0.15) is 12.8 Å². The van der Waals surface area contributed by atoms with Gasteiger partial charge in [-0.15, -0.1) is 4.48 Å². The highest BCUT2D eigenvalue weighted by Gasteiger charge is 2.49. The van der Waals surface area contributed by atoms with E-state index >= 15 is 0 Å². The van der Waals surface area contributed by atoms with E-state index in [9.17, 15) is 17.7 Å². The summed E-state index contributed by atoms with van der Waals surface area (Å²) in [6, 6.07) is -3.90. The highest BCUT2D eigenvalue weighted by Crippen LogP contribution is 2.33. The zero-order valence-electron chi connectivity index (χ0n) is 5.16. The number of halogens is 4. The van der Waals surface area contributed by atoms with Crippen molar-refractivity contribution in [2.75, 3.05) is 6.54 Å². The van der Waals surface area contributed by atoms with Gasteiger partial charge in [0.2, 0.25) is 0 Å². The second kappa shape index (κ2) is 2.38. The van der Waals surface area contributed by atoms with Gasteiger partial charge >= 0.3 is 6.05 Å². The van der Waals surface area contributed by atoms with E-state index in [1.54, 1.807) is 0 Å². The van der Waals surface area contributed by atoms with E-state index in [0.29, 0.717) is 0 Å². The smallest absolute Gasteiger partial charge is 0.239 e. The molecule has 0 spiro atoms. The van der Waals surface area contributed by atoms with Gasteiger partial charge in [-0.3, -0.25) is 0 Å². The summed E-state index contributed by atoms with van der Waals surface area (Å²) >= 11 is 0. The molecule has 0 radical (unpaired) electrons. The van der Waals surface area contributed by atoms with Crippen molar-refractivity contribution >= 4 is 0 Å². The van der Waals surface area contributed by atoms with Crippen LogP contribution >= 0.6 is 0 Å². The van der Waals surface area contributed by atoms with Crippen LogP contribution in [0.2, 0.25) is 0 Å². The average Bonchev–Trinajstić information content (AvgIpc) is 1.84. The first-order valence-corrected chi connectivity index (χ1v) is 3.00. The van der Waals surface area contributed by atoms with Crippen LogP contribution in [0.15, 0.2) is 0 Å². The Kier molecular flexibility index (Phi) is 1.85. The molecule has 1 aliphatic heterocycles. The van der Waals surface area contributed by atoms with E-state index in [-0.39, 0.29) is 19.4 Å². The molecule has 5 heteroatoms. The van der Waals surface area contributed by atoms with Crippen molar-refractivity contribution in [1.29, 1.82) is 0 Å². The second-order valence-corrected chi connectivity index (χ2v) is 2.28. The summed E-state index contributed by atoms with van der Waals surface area (Å²) in [6.45, 7) is -0.382. The van der Waals surface area contributed by atoms with Gasteiger partial charge in [-0.05, 0) is 12.8 Å². The van der Waals surface area contributed by atoms with E-state index in [4.69, 9.17) is 0 Å². The van der Waals surface area contributed by atoms with Gasteiger partial charge < -0.3 is 0 Å². The Morgan fingerprint density at radius 1 is 1.40 bits per heavy atom. The third-order valence-corrected chi connectivity index (χ3v) is 1.51. The van der Waals surface area contributed by atoms with Crippen LogP contribution in [0, 0.1) is 0 Å². The maximum atomic E-state index is 12.2. The highest BCUT2D eigenvalue weighted by molar-refractivity contribution is 4.78. The lowest BCUT2D eigenvalue weighted by Gasteiger charge is -2.30. The molecule has 1 atom stereocenters. The molecule has 1 rings (SSSR count). The second-order valence-electron chi connectivity index (χ2n) is 2.28. The number of piperidine rings is 1. The summed E-state index contributed by atoms with van der Waals surface area (Å²) in [4.78, 5) is 0. The van der Waals surface area contributed by atoms with Gasteiger partial charge in [0.1, 0.15) is 0 Å². The van der Waals surface area contributed by atoms with Gasteiger partial charge in [0.15, 0.2) is 6.17 Å². The van der Waals surface area contributed by atoms with E-state index in [1.807, 2.05) is 0 Å². The molecule has 0 bridgehead atoms. The van der Waals surface area contributed by atoms with Crippen LogP contribution in [-0.4, -0.2) is 23.9 Å². The summed E-state index contributed by atoms with van der Waals surface area (Å²) in [5.41, 5.74) is 0. The van der Waals surface area contributed by atoms with Crippen molar-refractivity contribution in [2.45, 2.75) is 25.1 Å². The quantitative estimate of drug-likeness (QED) is 0.295. The molecule has 1 unspecified atom stereocenters. The number of nitrogens with zero attached hydrogens (tertiary/aromatic N) is 1. The van der Waals surface area contributed by atoms with E-state index in [2.05, 4.69) is 0 Å². The Bertz CT molecular complexity index is 115. The first kappa shape index (κ1) is 7.78. The molecule has 60 valence electrons. The molecule has 0 N–H and O–H groups in total. The van der Waals surface area contributed by atoms with Gasteiger partial charge in [0, 0.05) is 6.54 Å². The molecule has 1 saturated heterocycles. The van der Waals surface area contributed by atoms with Crippen molar-refractivity contribution in [3.05, 3.63) is 0 Å². The minimum absolute atomic E-state index is 0.146. The van der Waals surface area contributed by atoms with Crippen LogP contribution < -0.4 is 0 Å². The van der Waals surface area contributed by atoms with Crippen LogP contribution in [0.3, 0.4) is 0 Å². The predicted octanol–water partition coefficient (Wildman–Crippen LogP) is 1.90. The third-order valence-electron chi connectivity index (χ3n) is 1.51. The van der Waals surface area contributed by atoms with Gasteiger partial charge in [0.05, 0.1) is 0 Å².